The van der Waals surface area contributed by atoms with Gasteiger partial charge in [-0.3, -0.25) is 14.5 Å². The van der Waals surface area contributed by atoms with Gasteiger partial charge in [-0.05, 0) is 56.5 Å². The summed E-state index contributed by atoms with van der Waals surface area (Å²) >= 11 is 1.43. The van der Waals surface area contributed by atoms with Gasteiger partial charge < -0.3 is 5.32 Å². The highest BCUT2D eigenvalue weighted by Crippen LogP contribution is 2.31. The van der Waals surface area contributed by atoms with Gasteiger partial charge in [0.25, 0.3) is 5.91 Å². The molecule has 4 aromatic rings. The van der Waals surface area contributed by atoms with Crippen LogP contribution in [-0.4, -0.2) is 37.6 Å². The van der Waals surface area contributed by atoms with Crippen molar-refractivity contribution in [3.05, 3.63) is 82.6 Å². The number of amides is 2. The number of benzene rings is 2. The number of carbonyl (C=O) groups excluding carboxylic acids is 2. The number of aromatic nitrogens is 4. The summed E-state index contributed by atoms with van der Waals surface area (Å²) < 4.78 is 0. The standard InChI is InChI=1S/C26H28N6O2S/c1-18-12-14-19(15-13-18)24-28-30-31(29-24)17-22(33)32(20-9-6-5-7-10-20)23(21-11-8-16-35-21)25(34)27-26(2,3)4/h5-16,23H,17H2,1-4H3,(H,27,34)/t23-/m1/s1. The highest BCUT2D eigenvalue weighted by atomic mass is 32.1. The van der Waals surface area contributed by atoms with Gasteiger partial charge in [0, 0.05) is 21.7 Å². The molecule has 35 heavy (non-hydrogen) atoms. The Kier molecular flexibility index (Phi) is 7.07. The van der Waals surface area contributed by atoms with E-state index in [4.69, 9.17) is 0 Å². The van der Waals surface area contributed by atoms with Gasteiger partial charge in [0.05, 0.1) is 0 Å². The summed E-state index contributed by atoms with van der Waals surface area (Å²) in [6.07, 6.45) is 0. The molecule has 0 aliphatic rings. The second-order valence-electron chi connectivity index (χ2n) is 9.27. The summed E-state index contributed by atoms with van der Waals surface area (Å²) in [6.45, 7) is 7.58. The molecule has 0 saturated heterocycles. The molecule has 180 valence electrons. The number of rotatable bonds is 7. The van der Waals surface area contributed by atoms with E-state index in [1.807, 2.05) is 99.8 Å². The number of carbonyl (C=O) groups is 2. The van der Waals surface area contributed by atoms with Crippen LogP contribution in [0.25, 0.3) is 11.4 Å². The summed E-state index contributed by atoms with van der Waals surface area (Å²) in [5.41, 5.74) is 2.09. The van der Waals surface area contributed by atoms with Gasteiger partial charge in [0.15, 0.2) is 0 Å². The number of anilines is 1. The third-order valence-electron chi connectivity index (χ3n) is 5.16. The van der Waals surface area contributed by atoms with E-state index in [9.17, 15) is 9.59 Å². The molecule has 0 saturated carbocycles. The number of tetrazole rings is 1. The Balaban J connectivity index is 1.67. The van der Waals surface area contributed by atoms with Crippen LogP contribution in [0.5, 0.6) is 0 Å². The predicted molar refractivity (Wildman–Crippen MR) is 137 cm³/mol. The van der Waals surface area contributed by atoms with E-state index in [1.54, 1.807) is 0 Å². The maximum absolute atomic E-state index is 13.7. The molecule has 4 rings (SSSR count). The van der Waals surface area contributed by atoms with Crippen molar-refractivity contribution in [2.24, 2.45) is 0 Å². The van der Waals surface area contributed by atoms with Crippen LogP contribution in [0, 0.1) is 6.92 Å². The van der Waals surface area contributed by atoms with Crippen molar-refractivity contribution in [1.82, 2.24) is 25.5 Å². The molecule has 2 aromatic carbocycles. The molecule has 0 aliphatic carbocycles. The number of para-hydroxylation sites is 1. The molecular weight excluding hydrogens is 460 g/mol. The first kappa shape index (κ1) is 24.3. The van der Waals surface area contributed by atoms with E-state index in [0.29, 0.717) is 11.5 Å². The van der Waals surface area contributed by atoms with Crippen molar-refractivity contribution in [1.29, 1.82) is 0 Å². The SMILES string of the molecule is Cc1ccc(-c2nnn(CC(=O)N(c3ccccc3)[C@@H](C(=O)NC(C)(C)C)c3cccs3)n2)cc1. The number of hydrogen-bond donors (Lipinski definition) is 1. The second-order valence-corrected chi connectivity index (χ2v) is 10.2. The normalized spacial score (nSPS) is 12.2. The van der Waals surface area contributed by atoms with Gasteiger partial charge in [-0.2, -0.15) is 4.80 Å². The van der Waals surface area contributed by atoms with E-state index >= 15 is 0 Å². The van der Waals surface area contributed by atoms with Crippen molar-refractivity contribution in [2.75, 3.05) is 4.90 Å². The van der Waals surface area contributed by atoms with Crippen LogP contribution in [-0.2, 0) is 16.1 Å². The maximum Gasteiger partial charge on any atom is 0.251 e. The minimum Gasteiger partial charge on any atom is -0.349 e. The molecule has 1 N–H and O–H groups in total. The third-order valence-corrected chi connectivity index (χ3v) is 6.08. The van der Waals surface area contributed by atoms with Gasteiger partial charge in [-0.15, -0.1) is 21.5 Å². The number of nitrogens with zero attached hydrogens (tertiary/aromatic N) is 5. The topological polar surface area (TPSA) is 93.0 Å². The van der Waals surface area contributed by atoms with E-state index in [1.165, 1.54) is 21.0 Å². The Bertz CT molecular complexity index is 1280. The first-order valence-electron chi connectivity index (χ1n) is 11.3. The van der Waals surface area contributed by atoms with E-state index < -0.39 is 11.6 Å². The molecule has 0 aliphatic heterocycles. The molecule has 0 spiro atoms. The van der Waals surface area contributed by atoms with Gasteiger partial charge in [-0.25, -0.2) is 0 Å². The molecule has 0 fully saturated rings. The third kappa shape index (κ3) is 5.99. The van der Waals surface area contributed by atoms with Gasteiger partial charge >= 0.3 is 0 Å². The fourth-order valence-electron chi connectivity index (χ4n) is 3.61. The Hall–Kier alpha value is -3.85. The number of hydrogen-bond acceptors (Lipinski definition) is 6. The highest BCUT2D eigenvalue weighted by Gasteiger charge is 2.35. The fraction of sp³-hybridized carbons (Fsp3) is 0.269. The second kappa shape index (κ2) is 10.2. The van der Waals surface area contributed by atoms with E-state index in [0.717, 1.165) is 16.0 Å². The maximum atomic E-state index is 13.7. The first-order valence-corrected chi connectivity index (χ1v) is 12.2. The lowest BCUT2D eigenvalue weighted by atomic mass is 10.1. The smallest absolute Gasteiger partial charge is 0.251 e. The van der Waals surface area contributed by atoms with Crippen molar-refractivity contribution in [2.45, 2.75) is 45.8 Å². The van der Waals surface area contributed by atoms with Gasteiger partial charge in [-0.1, -0.05) is 54.1 Å². The summed E-state index contributed by atoms with van der Waals surface area (Å²) in [7, 11) is 0. The van der Waals surface area contributed by atoms with Gasteiger partial charge in [0.2, 0.25) is 11.7 Å². The predicted octanol–water partition coefficient (Wildman–Crippen LogP) is 4.40. The van der Waals surface area contributed by atoms with Crippen LogP contribution in [0.2, 0.25) is 0 Å². The lowest BCUT2D eigenvalue weighted by Gasteiger charge is -2.32. The molecule has 1 atom stereocenters. The Morgan fingerprint density at radius 2 is 1.74 bits per heavy atom. The van der Waals surface area contributed by atoms with Crippen LogP contribution in [0.3, 0.4) is 0 Å². The monoisotopic (exact) mass is 488 g/mol. The largest absolute Gasteiger partial charge is 0.349 e. The Morgan fingerprint density at radius 1 is 1.03 bits per heavy atom. The van der Waals surface area contributed by atoms with Crippen LogP contribution in [0.1, 0.15) is 37.3 Å². The number of aryl methyl sites for hydroxylation is 1. The lowest BCUT2D eigenvalue weighted by molar-refractivity contribution is -0.128. The van der Waals surface area contributed by atoms with Crippen molar-refractivity contribution in [3.8, 4) is 11.4 Å². The van der Waals surface area contributed by atoms with Crippen molar-refractivity contribution in [3.63, 3.8) is 0 Å². The number of thiophene rings is 1. The quantitative estimate of drug-likeness (QED) is 0.416. The van der Waals surface area contributed by atoms with Crippen LogP contribution >= 0.6 is 11.3 Å². The molecule has 8 nitrogen and oxygen atoms in total. The van der Waals surface area contributed by atoms with Crippen molar-refractivity contribution >= 4 is 28.8 Å². The zero-order valence-corrected chi connectivity index (χ0v) is 21.0. The zero-order chi connectivity index (χ0) is 25.0. The molecular formula is C26H28N6O2S. The Morgan fingerprint density at radius 3 is 2.37 bits per heavy atom. The van der Waals surface area contributed by atoms with Crippen LogP contribution in [0.4, 0.5) is 5.69 Å². The molecule has 0 unspecified atom stereocenters. The summed E-state index contributed by atoms with van der Waals surface area (Å²) in [5, 5.41) is 17.5. The molecule has 9 heteroatoms. The van der Waals surface area contributed by atoms with Crippen LogP contribution in [0.15, 0.2) is 72.1 Å². The van der Waals surface area contributed by atoms with Crippen LogP contribution < -0.4 is 10.2 Å². The molecule has 2 heterocycles. The minimum absolute atomic E-state index is 0.168. The average Bonchev–Trinajstić information content (AvgIpc) is 3.49. The zero-order valence-electron chi connectivity index (χ0n) is 20.2. The fourth-order valence-corrected chi connectivity index (χ4v) is 4.42. The van der Waals surface area contributed by atoms with E-state index in [2.05, 4.69) is 20.7 Å². The molecule has 0 radical (unpaired) electrons. The highest BCUT2D eigenvalue weighted by molar-refractivity contribution is 7.10. The molecule has 0 bridgehead atoms. The van der Waals surface area contributed by atoms with E-state index in [-0.39, 0.29) is 18.4 Å². The van der Waals surface area contributed by atoms with Crippen molar-refractivity contribution < 1.29 is 9.59 Å². The average molecular weight is 489 g/mol. The molecule has 2 aromatic heterocycles. The summed E-state index contributed by atoms with van der Waals surface area (Å²) in [6, 6.07) is 19.8. The summed E-state index contributed by atoms with van der Waals surface area (Å²) in [5.74, 6) is -0.153. The lowest BCUT2D eigenvalue weighted by Crippen LogP contribution is -2.50. The molecule has 2 amide bonds. The summed E-state index contributed by atoms with van der Waals surface area (Å²) in [4.78, 5) is 30.8. The van der Waals surface area contributed by atoms with Gasteiger partial charge in [0.1, 0.15) is 12.6 Å². The minimum atomic E-state index is -0.843. The Labute approximate surface area is 208 Å². The first-order chi connectivity index (χ1) is 16.7. The number of nitrogens with one attached hydrogen (secondary N) is 1.